The van der Waals surface area contributed by atoms with Crippen molar-refractivity contribution in [2.75, 3.05) is 7.11 Å². The summed E-state index contributed by atoms with van der Waals surface area (Å²) in [6.07, 6.45) is -0.889. The van der Waals surface area contributed by atoms with Gasteiger partial charge in [0.15, 0.2) is 10.0 Å². The number of allylic oxidation sites excluding steroid dienone is 1. The smallest absolute Gasteiger partial charge is 0.358 e. The number of aliphatic hydroxyl groups is 2. The van der Waals surface area contributed by atoms with Crippen molar-refractivity contribution in [2.24, 2.45) is 5.92 Å². The average Bonchev–Trinajstić information content (AvgIpc) is 3.04. The van der Waals surface area contributed by atoms with E-state index in [1.807, 2.05) is 24.3 Å². The van der Waals surface area contributed by atoms with E-state index in [2.05, 4.69) is 9.72 Å². The highest BCUT2D eigenvalue weighted by Crippen LogP contribution is 2.48. The first-order valence-electron chi connectivity index (χ1n) is 8.03. The highest BCUT2D eigenvalue weighted by atomic mass is 33.1. The van der Waals surface area contributed by atoms with E-state index in [0.29, 0.717) is 0 Å². The van der Waals surface area contributed by atoms with Gasteiger partial charge in [-0.25, -0.2) is 9.78 Å². The maximum absolute atomic E-state index is 12.5. The molecule has 2 unspecified atom stereocenters. The third-order valence-corrected chi connectivity index (χ3v) is 8.09. The Morgan fingerprint density at radius 3 is 2.70 bits per heavy atom. The number of fused-ring (bicyclic) bond motifs is 1. The Hall–Kier alpha value is -1.75. The van der Waals surface area contributed by atoms with E-state index in [1.54, 1.807) is 0 Å². The molecule has 1 fully saturated rings. The predicted octanol–water partition coefficient (Wildman–Crippen LogP) is 3.16. The predicted molar refractivity (Wildman–Crippen MR) is 106 cm³/mol. The fourth-order valence-corrected chi connectivity index (χ4v) is 6.87. The zero-order valence-corrected chi connectivity index (χ0v) is 17.2. The molecule has 144 valence electrons. The number of esters is 1. The van der Waals surface area contributed by atoms with Crippen molar-refractivity contribution in [3.05, 3.63) is 35.7 Å². The number of nitrogens with zero attached hydrogens (tertiary/aromatic N) is 2. The molecular weight excluding hydrogens is 408 g/mol. The third-order valence-electron chi connectivity index (χ3n) is 4.06. The molecule has 0 bridgehead atoms. The zero-order valence-electron chi connectivity index (χ0n) is 14.8. The van der Waals surface area contributed by atoms with Gasteiger partial charge in [0.2, 0.25) is 5.91 Å². The van der Waals surface area contributed by atoms with Crippen molar-refractivity contribution in [1.29, 1.82) is 0 Å². The number of hydrogen-bond acceptors (Lipinski definition) is 9. The number of β-lactam (4-membered cyclic amide) rings is 1. The number of ether oxygens (including phenoxy) is 1. The zero-order chi connectivity index (χ0) is 19.7. The standard InChI is InChI=1S/C17H18N2O5S3/c1-8(20)12-14(22)19(13(9(2)21)16(23)24-3)15(12)26-27-17-18-10-6-4-5-7-11(10)25-17/h4-8,12,15,20-21H,1-3H3/b13-9+/t8-,12?,15?/m0/s1. The van der Waals surface area contributed by atoms with Crippen LogP contribution in [0.4, 0.5) is 0 Å². The van der Waals surface area contributed by atoms with E-state index in [9.17, 15) is 19.8 Å². The van der Waals surface area contributed by atoms with Crippen molar-refractivity contribution in [3.63, 3.8) is 0 Å². The highest BCUT2D eigenvalue weighted by molar-refractivity contribution is 8.77. The molecule has 3 rings (SSSR count). The minimum Gasteiger partial charge on any atom is -0.510 e. The minimum absolute atomic E-state index is 0.207. The number of amides is 1. The quantitative estimate of drug-likeness (QED) is 0.239. The van der Waals surface area contributed by atoms with Crippen molar-refractivity contribution in [1.82, 2.24) is 9.88 Å². The van der Waals surface area contributed by atoms with E-state index in [4.69, 9.17) is 0 Å². The number of aliphatic hydroxyl groups excluding tert-OH is 2. The molecule has 0 saturated carbocycles. The van der Waals surface area contributed by atoms with Crippen LogP contribution in [0.1, 0.15) is 13.8 Å². The molecule has 1 amide bonds. The molecule has 1 aliphatic rings. The Kier molecular flexibility index (Phi) is 5.99. The molecule has 1 saturated heterocycles. The molecule has 1 aromatic carbocycles. The molecule has 1 aliphatic heterocycles. The Labute approximate surface area is 167 Å². The summed E-state index contributed by atoms with van der Waals surface area (Å²) in [5.74, 6) is -2.23. The Morgan fingerprint density at radius 2 is 2.11 bits per heavy atom. The van der Waals surface area contributed by atoms with Gasteiger partial charge in [-0.05, 0) is 36.8 Å². The number of carbonyl (C=O) groups is 2. The van der Waals surface area contributed by atoms with Crippen LogP contribution in [0.3, 0.4) is 0 Å². The molecule has 1 aromatic heterocycles. The summed E-state index contributed by atoms with van der Waals surface area (Å²) < 4.78 is 6.54. The molecule has 3 atom stereocenters. The number of likely N-dealkylation sites (tertiary alicyclic amines) is 1. The first-order valence-corrected chi connectivity index (χ1v) is 11.1. The Bertz CT molecular complexity index is 874. The molecule has 0 radical (unpaired) electrons. The largest absolute Gasteiger partial charge is 0.510 e. The molecule has 2 N–H and O–H groups in total. The molecule has 2 aromatic rings. The molecule has 2 heterocycles. The molecule has 10 heteroatoms. The third kappa shape index (κ3) is 3.79. The van der Waals surface area contributed by atoms with Gasteiger partial charge in [-0.3, -0.25) is 9.69 Å². The number of carbonyl (C=O) groups excluding carboxylic acids is 2. The monoisotopic (exact) mass is 426 g/mol. The van der Waals surface area contributed by atoms with Gasteiger partial charge in [-0.1, -0.05) is 22.9 Å². The SMILES string of the molecule is COC(=O)/C(=C(/C)O)N1C(=O)C([C@H](C)O)C1SSc1nc2ccccc2s1. The number of methoxy groups -OCH3 is 1. The molecular formula is C17H18N2O5S3. The van der Waals surface area contributed by atoms with Gasteiger partial charge in [0.05, 0.1) is 29.3 Å². The first-order chi connectivity index (χ1) is 12.8. The van der Waals surface area contributed by atoms with Crippen molar-refractivity contribution in [2.45, 2.75) is 29.7 Å². The fraction of sp³-hybridized carbons (Fsp3) is 0.353. The summed E-state index contributed by atoms with van der Waals surface area (Å²) in [7, 11) is 3.86. The first kappa shape index (κ1) is 20.0. The van der Waals surface area contributed by atoms with Crippen LogP contribution >= 0.6 is 32.9 Å². The average molecular weight is 427 g/mol. The summed E-state index contributed by atoms with van der Waals surface area (Å²) in [6.45, 7) is 2.85. The summed E-state index contributed by atoms with van der Waals surface area (Å²) in [4.78, 5) is 30.2. The fourth-order valence-electron chi connectivity index (χ4n) is 2.77. The topological polar surface area (TPSA) is 100.0 Å². The summed E-state index contributed by atoms with van der Waals surface area (Å²) in [5, 5.41) is 19.3. The number of thiazole rings is 1. The lowest BCUT2D eigenvalue weighted by molar-refractivity contribution is -0.158. The van der Waals surface area contributed by atoms with E-state index in [-0.39, 0.29) is 11.5 Å². The lowest BCUT2D eigenvalue weighted by Gasteiger charge is -2.47. The van der Waals surface area contributed by atoms with Crippen molar-refractivity contribution >= 4 is 55.0 Å². The van der Waals surface area contributed by atoms with E-state index >= 15 is 0 Å². The normalized spacial score (nSPS) is 21.6. The minimum atomic E-state index is -0.889. The lowest BCUT2D eigenvalue weighted by atomic mass is 9.92. The van der Waals surface area contributed by atoms with Crippen LogP contribution in [0.25, 0.3) is 10.2 Å². The highest BCUT2D eigenvalue weighted by Gasteiger charge is 2.54. The van der Waals surface area contributed by atoms with Gasteiger partial charge in [0.25, 0.3) is 0 Å². The van der Waals surface area contributed by atoms with Gasteiger partial charge < -0.3 is 14.9 Å². The van der Waals surface area contributed by atoms with Gasteiger partial charge in [-0.15, -0.1) is 11.3 Å². The van der Waals surface area contributed by atoms with E-state index < -0.39 is 29.3 Å². The van der Waals surface area contributed by atoms with E-state index in [1.165, 1.54) is 58.8 Å². The second-order valence-electron chi connectivity index (χ2n) is 5.92. The number of benzene rings is 1. The summed E-state index contributed by atoms with van der Waals surface area (Å²) >= 11 is 1.52. The van der Waals surface area contributed by atoms with Crippen LogP contribution in [-0.2, 0) is 14.3 Å². The van der Waals surface area contributed by atoms with Gasteiger partial charge in [0, 0.05) is 0 Å². The maximum atomic E-state index is 12.5. The van der Waals surface area contributed by atoms with Crippen LogP contribution in [-0.4, -0.2) is 50.6 Å². The number of rotatable bonds is 6. The molecule has 0 spiro atoms. The van der Waals surface area contributed by atoms with Crippen LogP contribution < -0.4 is 0 Å². The summed E-state index contributed by atoms with van der Waals surface area (Å²) in [5.41, 5.74) is 0.683. The van der Waals surface area contributed by atoms with Crippen LogP contribution in [0.15, 0.2) is 40.1 Å². The number of aromatic nitrogens is 1. The van der Waals surface area contributed by atoms with Crippen LogP contribution in [0.2, 0.25) is 0 Å². The Balaban J connectivity index is 1.83. The second kappa shape index (κ2) is 8.09. The summed E-state index contributed by atoms with van der Waals surface area (Å²) in [6, 6.07) is 7.75. The van der Waals surface area contributed by atoms with Crippen molar-refractivity contribution in [3.8, 4) is 0 Å². The number of hydrogen-bond donors (Lipinski definition) is 2. The van der Waals surface area contributed by atoms with Crippen LogP contribution in [0.5, 0.6) is 0 Å². The van der Waals surface area contributed by atoms with Crippen LogP contribution in [0, 0.1) is 5.92 Å². The van der Waals surface area contributed by atoms with Gasteiger partial charge >= 0.3 is 5.97 Å². The second-order valence-corrected chi connectivity index (χ2v) is 9.51. The Morgan fingerprint density at radius 1 is 1.41 bits per heavy atom. The number of para-hydroxylation sites is 1. The molecule has 27 heavy (non-hydrogen) atoms. The van der Waals surface area contributed by atoms with Gasteiger partial charge in [0.1, 0.15) is 11.1 Å². The molecule has 0 aliphatic carbocycles. The van der Waals surface area contributed by atoms with Crippen molar-refractivity contribution < 1.29 is 24.5 Å². The lowest BCUT2D eigenvalue weighted by Crippen LogP contribution is -2.62. The van der Waals surface area contributed by atoms with E-state index in [0.717, 1.165) is 14.6 Å². The van der Waals surface area contributed by atoms with Gasteiger partial charge in [-0.2, -0.15) is 0 Å². The maximum Gasteiger partial charge on any atom is 0.358 e. The molecule has 7 nitrogen and oxygen atoms in total.